The molecule has 6 rings (SSSR count). The van der Waals surface area contributed by atoms with Gasteiger partial charge in [0.25, 0.3) is 5.91 Å². The van der Waals surface area contributed by atoms with Crippen LogP contribution >= 0.6 is 23.2 Å². The van der Waals surface area contributed by atoms with Gasteiger partial charge in [-0.15, -0.1) is 0 Å². The Balaban J connectivity index is 1.22. The molecule has 51 heavy (non-hydrogen) atoms. The van der Waals surface area contributed by atoms with Gasteiger partial charge in [0.05, 0.1) is 16.5 Å². The Kier molecular flexibility index (Phi) is 10.4. The second kappa shape index (κ2) is 14.8. The molecule has 6 aromatic rings. The van der Waals surface area contributed by atoms with Gasteiger partial charge >= 0.3 is 0 Å². The lowest BCUT2D eigenvalue weighted by molar-refractivity contribution is 0.0981. The number of sulfonamides is 1. The number of benzene rings is 5. The molecule has 1 heterocycles. The molecule has 0 radical (unpaired) electrons. The molecule has 1 amide bonds. The van der Waals surface area contributed by atoms with Crippen LogP contribution in [0.2, 0.25) is 10.0 Å². The van der Waals surface area contributed by atoms with Gasteiger partial charge in [0.2, 0.25) is 10.0 Å². The fraction of sp³-hybridized carbons (Fsp3) is 0.171. The van der Waals surface area contributed by atoms with E-state index in [2.05, 4.69) is 61.9 Å². The van der Waals surface area contributed by atoms with Crippen LogP contribution in [0.4, 0.5) is 0 Å². The van der Waals surface area contributed by atoms with Crippen molar-refractivity contribution in [1.82, 2.24) is 14.3 Å². The molecule has 10 heteroatoms. The average Bonchev–Trinajstić information content (AvgIpc) is 3.52. The second-order valence-corrected chi connectivity index (χ2v) is 16.0. The van der Waals surface area contributed by atoms with Crippen LogP contribution in [0.25, 0.3) is 28.1 Å². The van der Waals surface area contributed by atoms with E-state index in [9.17, 15) is 13.2 Å². The van der Waals surface area contributed by atoms with Crippen LogP contribution in [-0.4, -0.2) is 29.6 Å². The number of carbonyl (C=O) groups is 1. The molecule has 260 valence electrons. The summed E-state index contributed by atoms with van der Waals surface area (Å²) in [5, 5.41) is 0.998. The Morgan fingerprint density at radius 1 is 0.804 bits per heavy atom. The molecule has 0 bridgehead atoms. The third-order valence-electron chi connectivity index (χ3n) is 8.48. The molecule has 0 fully saturated rings. The molecule has 0 spiro atoms. The summed E-state index contributed by atoms with van der Waals surface area (Å²) in [4.78, 5) is 17.5. The number of nitrogens with one attached hydrogen (secondary N) is 1. The van der Waals surface area contributed by atoms with E-state index in [0.29, 0.717) is 22.2 Å². The molecule has 0 atom stereocenters. The summed E-state index contributed by atoms with van der Waals surface area (Å²) in [7, 11) is -3.69. The fourth-order valence-corrected chi connectivity index (χ4v) is 6.56. The monoisotopic (exact) mass is 737 g/mol. The van der Waals surface area contributed by atoms with E-state index in [4.69, 9.17) is 32.9 Å². The van der Waals surface area contributed by atoms with Crippen LogP contribution in [0, 0.1) is 0 Å². The predicted octanol–water partition coefficient (Wildman–Crippen LogP) is 10.3. The van der Waals surface area contributed by atoms with E-state index in [1.165, 1.54) is 12.5 Å². The fourth-order valence-electron chi connectivity index (χ4n) is 5.51. The minimum absolute atomic E-state index is 0.0855. The molecule has 1 aromatic heterocycles. The molecule has 7 nitrogen and oxygen atoms in total. The molecular formula is C41H37Cl2N3O4S. The topological polar surface area (TPSA) is 90.3 Å². The normalized spacial score (nSPS) is 11.7. The first-order valence-electron chi connectivity index (χ1n) is 16.4. The summed E-state index contributed by atoms with van der Waals surface area (Å²) < 4.78 is 33.9. The SMILES string of the molecule is CCS(=O)(=O)NC(=O)c1ccc(-n2cc(-c3ccc(Cl)cc3Cl)nc2Cc2ccc(-c3ccc(Oc4ccc(C(C)(C)C)cc4)cc3)cc2)cc1. The van der Waals surface area contributed by atoms with Crippen LogP contribution in [0.3, 0.4) is 0 Å². The Hall–Kier alpha value is -4.89. The van der Waals surface area contributed by atoms with Crippen molar-refractivity contribution >= 4 is 39.1 Å². The van der Waals surface area contributed by atoms with Gasteiger partial charge < -0.3 is 9.30 Å². The van der Waals surface area contributed by atoms with Crippen molar-refractivity contribution in [2.45, 2.75) is 39.5 Å². The highest BCUT2D eigenvalue weighted by atomic mass is 35.5. The number of halogens is 2. The van der Waals surface area contributed by atoms with E-state index in [1.54, 1.807) is 36.4 Å². The van der Waals surface area contributed by atoms with Crippen molar-refractivity contribution in [3.63, 3.8) is 0 Å². The van der Waals surface area contributed by atoms with E-state index < -0.39 is 15.9 Å². The van der Waals surface area contributed by atoms with Crippen molar-refractivity contribution < 1.29 is 17.9 Å². The van der Waals surface area contributed by atoms with Gasteiger partial charge in [-0.3, -0.25) is 4.79 Å². The summed E-state index contributed by atoms with van der Waals surface area (Å²) >= 11 is 12.7. The lowest BCUT2D eigenvalue weighted by Crippen LogP contribution is -2.31. The first-order valence-corrected chi connectivity index (χ1v) is 18.9. The first-order chi connectivity index (χ1) is 24.3. The van der Waals surface area contributed by atoms with Gasteiger partial charge in [-0.05, 0) is 101 Å². The molecule has 0 saturated carbocycles. The highest BCUT2D eigenvalue weighted by molar-refractivity contribution is 7.90. The Morgan fingerprint density at radius 2 is 1.39 bits per heavy atom. The average molecular weight is 739 g/mol. The second-order valence-electron chi connectivity index (χ2n) is 13.2. The van der Waals surface area contributed by atoms with Gasteiger partial charge in [-0.2, -0.15) is 0 Å². The van der Waals surface area contributed by atoms with Crippen molar-refractivity contribution in [3.8, 4) is 39.6 Å². The number of hydrogen-bond acceptors (Lipinski definition) is 5. The Bertz CT molecular complexity index is 2280. The number of aromatic nitrogens is 2. The number of hydrogen-bond donors (Lipinski definition) is 1. The zero-order valence-electron chi connectivity index (χ0n) is 28.7. The number of amides is 1. The lowest BCUT2D eigenvalue weighted by atomic mass is 9.87. The van der Waals surface area contributed by atoms with Crippen molar-refractivity contribution in [3.05, 3.63) is 154 Å². The number of ether oxygens (including phenoxy) is 1. The molecule has 5 aromatic carbocycles. The minimum Gasteiger partial charge on any atom is -0.457 e. The maximum absolute atomic E-state index is 12.5. The molecule has 0 aliphatic heterocycles. The predicted molar refractivity (Wildman–Crippen MR) is 206 cm³/mol. The molecular weight excluding hydrogens is 701 g/mol. The van der Waals surface area contributed by atoms with Gasteiger partial charge in [0.15, 0.2) is 0 Å². The van der Waals surface area contributed by atoms with Crippen LogP contribution < -0.4 is 9.46 Å². The maximum Gasteiger partial charge on any atom is 0.264 e. The number of nitrogens with zero attached hydrogens (tertiary/aromatic N) is 2. The summed E-state index contributed by atoms with van der Waals surface area (Å²) in [5.74, 6) is 1.43. The Morgan fingerprint density at radius 3 is 1.96 bits per heavy atom. The summed E-state index contributed by atoms with van der Waals surface area (Å²) in [5.41, 5.74) is 6.87. The zero-order chi connectivity index (χ0) is 36.3. The largest absolute Gasteiger partial charge is 0.457 e. The molecule has 0 saturated heterocycles. The minimum atomic E-state index is -3.69. The van der Waals surface area contributed by atoms with Crippen LogP contribution in [-0.2, 0) is 21.9 Å². The highest BCUT2D eigenvalue weighted by Gasteiger charge is 2.18. The van der Waals surface area contributed by atoms with Crippen LogP contribution in [0.5, 0.6) is 11.5 Å². The van der Waals surface area contributed by atoms with E-state index in [1.807, 2.05) is 53.2 Å². The van der Waals surface area contributed by atoms with Gasteiger partial charge in [0, 0.05) is 34.5 Å². The Labute approximate surface area is 308 Å². The number of rotatable bonds is 10. The smallest absolute Gasteiger partial charge is 0.264 e. The molecule has 1 N–H and O–H groups in total. The molecule has 0 aliphatic carbocycles. The van der Waals surface area contributed by atoms with Crippen LogP contribution in [0.15, 0.2) is 121 Å². The van der Waals surface area contributed by atoms with Gasteiger partial charge in [-0.1, -0.05) is 92.5 Å². The van der Waals surface area contributed by atoms with Crippen molar-refractivity contribution in [2.24, 2.45) is 0 Å². The molecule has 0 aliphatic rings. The van der Waals surface area contributed by atoms with E-state index in [0.717, 1.165) is 45.3 Å². The first kappa shape index (κ1) is 35.9. The third kappa shape index (κ3) is 8.71. The summed E-state index contributed by atoms with van der Waals surface area (Å²) in [6, 6.07) is 36.5. The highest BCUT2D eigenvalue weighted by Crippen LogP contribution is 2.32. The van der Waals surface area contributed by atoms with Crippen molar-refractivity contribution in [1.29, 1.82) is 0 Å². The summed E-state index contributed by atoms with van der Waals surface area (Å²) in [6.07, 6.45) is 2.39. The standard InChI is InChI=1S/C41H37Cl2N3O4S/c1-5-51(48,49)45-40(47)30-10-17-33(18-11-30)46-26-38(36-23-16-32(42)25-37(36)43)44-39(46)24-27-6-8-28(9-7-27)29-12-19-34(20-13-29)50-35-21-14-31(15-22-35)41(2,3)4/h6-23,25-26H,5,24H2,1-4H3,(H,45,47). The molecule has 0 unspecified atom stereocenters. The maximum atomic E-state index is 12.5. The third-order valence-corrected chi connectivity index (χ3v) is 10.3. The lowest BCUT2D eigenvalue weighted by Gasteiger charge is -2.19. The van der Waals surface area contributed by atoms with Crippen LogP contribution in [0.1, 0.15) is 55.0 Å². The summed E-state index contributed by atoms with van der Waals surface area (Å²) in [6.45, 7) is 8.04. The number of carbonyl (C=O) groups excluding carboxylic acids is 1. The van der Waals surface area contributed by atoms with E-state index >= 15 is 0 Å². The zero-order valence-corrected chi connectivity index (χ0v) is 31.0. The quantitative estimate of drug-likeness (QED) is 0.151. The van der Waals surface area contributed by atoms with E-state index in [-0.39, 0.29) is 16.7 Å². The van der Waals surface area contributed by atoms with Gasteiger partial charge in [0.1, 0.15) is 17.3 Å². The van der Waals surface area contributed by atoms with Crippen molar-refractivity contribution in [2.75, 3.05) is 5.75 Å². The van der Waals surface area contributed by atoms with Gasteiger partial charge in [-0.25, -0.2) is 18.1 Å². The number of imidazole rings is 1.